The van der Waals surface area contributed by atoms with Crippen molar-refractivity contribution in [3.05, 3.63) is 58.6 Å². The van der Waals surface area contributed by atoms with Gasteiger partial charge in [0.25, 0.3) is 0 Å². The number of Topliss-reactive ketones (excluding diaryl/α,β-unsaturated/α-hetero) is 1. The Labute approximate surface area is 132 Å². The van der Waals surface area contributed by atoms with Gasteiger partial charge in [0.2, 0.25) is 0 Å². The number of hydrogen-bond acceptors (Lipinski definition) is 2. The summed E-state index contributed by atoms with van der Waals surface area (Å²) in [5.41, 5.74) is 4.48. The molecule has 2 heterocycles. The summed E-state index contributed by atoms with van der Waals surface area (Å²) in [4.78, 5) is 20.2. The third-order valence-electron chi connectivity index (χ3n) is 4.61. The van der Waals surface area contributed by atoms with E-state index >= 15 is 0 Å². The quantitative estimate of drug-likeness (QED) is 0.699. The van der Waals surface area contributed by atoms with E-state index in [0.717, 1.165) is 29.1 Å². The van der Waals surface area contributed by atoms with Crippen molar-refractivity contribution < 1.29 is 9.18 Å². The van der Waals surface area contributed by atoms with E-state index in [1.165, 1.54) is 6.07 Å². The van der Waals surface area contributed by atoms with Gasteiger partial charge < -0.3 is 9.55 Å². The van der Waals surface area contributed by atoms with Crippen LogP contribution >= 0.6 is 0 Å². The van der Waals surface area contributed by atoms with Crippen LogP contribution < -0.4 is 0 Å². The highest BCUT2D eigenvalue weighted by atomic mass is 19.1. The highest BCUT2D eigenvalue weighted by molar-refractivity contribution is 6.20. The maximum absolute atomic E-state index is 14.2. The normalized spacial score (nSPS) is 16.3. The predicted octanol–water partition coefficient (Wildman–Crippen LogP) is 3.56. The summed E-state index contributed by atoms with van der Waals surface area (Å²) in [5.74, 6) is -0.314. The number of carbonyl (C=O) groups is 1. The molecule has 1 aromatic carbocycles. The summed E-state index contributed by atoms with van der Waals surface area (Å²) in [7, 11) is 1.82. The first-order chi connectivity index (χ1) is 11.1. The van der Waals surface area contributed by atoms with Gasteiger partial charge in [-0.05, 0) is 31.9 Å². The molecule has 1 aliphatic carbocycles. The topological polar surface area (TPSA) is 50.7 Å². The fourth-order valence-corrected chi connectivity index (χ4v) is 3.41. The molecule has 1 N–H and O–H groups in total. The number of imidazole rings is 1. The van der Waals surface area contributed by atoms with Gasteiger partial charge >= 0.3 is 0 Å². The molecular formula is C18H16FN3O. The number of H-pyrrole nitrogens is 1. The van der Waals surface area contributed by atoms with Crippen LogP contribution in [0.5, 0.6) is 0 Å². The van der Waals surface area contributed by atoms with Crippen molar-refractivity contribution in [1.82, 2.24) is 14.5 Å². The van der Waals surface area contributed by atoms with Gasteiger partial charge in [-0.15, -0.1) is 0 Å². The third kappa shape index (κ3) is 1.96. The van der Waals surface area contributed by atoms with Crippen LogP contribution in [0.4, 0.5) is 4.39 Å². The molecule has 1 aliphatic rings. The Balaban J connectivity index is 1.91. The number of aromatic nitrogens is 3. The number of ketones is 1. The number of fused-ring (bicyclic) bond motifs is 3. The average molecular weight is 309 g/mol. The van der Waals surface area contributed by atoms with Gasteiger partial charge in [0.15, 0.2) is 5.78 Å². The van der Waals surface area contributed by atoms with E-state index in [1.807, 2.05) is 30.7 Å². The maximum atomic E-state index is 14.2. The number of carbonyl (C=O) groups excluding carboxylic acids is 1. The second-order valence-electron chi connectivity index (χ2n) is 5.93. The highest BCUT2D eigenvalue weighted by Crippen LogP contribution is 2.35. The lowest BCUT2D eigenvalue weighted by Gasteiger charge is -2.15. The second-order valence-corrected chi connectivity index (χ2v) is 5.93. The molecule has 4 rings (SSSR count). The van der Waals surface area contributed by atoms with Gasteiger partial charge in [-0.2, -0.15) is 0 Å². The first-order valence-corrected chi connectivity index (χ1v) is 7.59. The van der Waals surface area contributed by atoms with E-state index in [-0.39, 0.29) is 11.6 Å². The number of para-hydroxylation sites is 1. The van der Waals surface area contributed by atoms with E-state index in [2.05, 4.69) is 9.97 Å². The lowest BCUT2D eigenvalue weighted by atomic mass is 9.89. The number of aryl methyl sites for hydroxylation is 2. The molecule has 23 heavy (non-hydrogen) atoms. The Morgan fingerprint density at radius 3 is 2.91 bits per heavy atom. The van der Waals surface area contributed by atoms with Crippen molar-refractivity contribution in [1.29, 1.82) is 0 Å². The van der Waals surface area contributed by atoms with Crippen LogP contribution in [-0.4, -0.2) is 20.3 Å². The molecule has 0 aliphatic heterocycles. The lowest BCUT2D eigenvalue weighted by molar-refractivity contribution is 0.102. The minimum absolute atomic E-state index is 0.0233. The van der Waals surface area contributed by atoms with Crippen LogP contribution in [0.15, 0.2) is 30.1 Å². The van der Waals surface area contributed by atoms with Gasteiger partial charge in [0.05, 0.1) is 23.1 Å². The number of halogens is 1. The van der Waals surface area contributed by atoms with Gasteiger partial charge in [-0.1, -0.05) is 12.1 Å². The molecule has 0 bridgehead atoms. The molecule has 5 heteroatoms. The summed E-state index contributed by atoms with van der Waals surface area (Å²) in [5, 5.41) is 0.692. The van der Waals surface area contributed by atoms with Gasteiger partial charge in [-0.3, -0.25) is 4.79 Å². The number of allylic oxidation sites excluding steroid dienone is 1. The molecule has 0 amide bonds. The Morgan fingerprint density at radius 1 is 1.35 bits per heavy atom. The number of aromatic amines is 1. The fourth-order valence-electron chi connectivity index (χ4n) is 3.41. The van der Waals surface area contributed by atoms with Gasteiger partial charge in [0.1, 0.15) is 5.82 Å². The van der Waals surface area contributed by atoms with Crippen molar-refractivity contribution in [3.8, 4) is 0 Å². The minimum Gasteiger partial charge on any atom is -0.348 e. The average Bonchev–Trinajstić information content (AvgIpc) is 3.06. The standard InChI is InChI=1S/C18H16FN3O/c1-10-14(21-9-20-10)8-11-6-7-15-16(18(11)23)12-4-3-5-13(19)17(12)22(15)2/h3-5,8-9H,6-7H2,1-2H3,(H,20,21)/b11-8+. The van der Waals surface area contributed by atoms with Gasteiger partial charge in [0, 0.05) is 29.4 Å². The molecule has 0 unspecified atom stereocenters. The van der Waals surface area contributed by atoms with Crippen LogP contribution in [0.2, 0.25) is 0 Å². The molecule has 0 saturated heterocycles. The fraction of sp³-hybridized carbons (Fsp3) is 0.222. The third-order valence-corrected chi connectivity index (χ3v) is 4.61. The largest absolute Gasteiger partial charge is 0.348 e. The molecule has 4 nitrogen and oxygen atoms in total. The summed E-state index contributed by atoms with van der Waals surface area (Å²) < 4.78 is 16.0. The first kappa shape index (κ1) is 13.9. The highest BCUT2D eigenvalue weighted by Gasteiger charge is 2.29. The first-order valence-electron chi connectivity index (χ1n) is 7.59. The summed E-state index contributed by atoms with van der Waals surface area (Å²) >= 11 is 0. The molecule has 0 radical (unpaired) electrons. The molecule has 0 fully saturated rings. The van der Waals surface area contributed by atoms with Crippen LogP contribution in [0.25, 0.3) is 17.0 Å². The molecule has 2 aromatic heterocycles. The molecular weight excluding hydrogens is 293 g/mol. The number of nitrogens with zero attached hydrogens (tertiary/aromatic N) is 2. The number of benzene rings is 1. The molecule has 116 valence electrons. The van der Waals surface area contributed by atoms with Gasteiger partial charge in [-0.25, -0.2) is 9.37 Å². The number of nitrogens with one attached hydrogen (secondary N) is 1. The number of rotatable bonds is 1. The minimum atomic E-state index is -0.291. The zero-order valence-corrected chi connectivity index (χ0v) is 13.0. The Kier molecular flexibility index (Phi) is 2.98. The van der Waals surface area contributed by atoms with Crippen molar-refractivity contribution in [3.63, 3.8) is 0 Å². The monoisotopic (exact) mass is 309 g/mol. The Bertz CT molecular complexity index is 978. The van der Waals surface area contributed by atoms with Crippen LogP contribution in [0.3, 0.4) is 0 Å². The smallest absolute Gasteiger partial charge is 0.191 e. The van der Waals surface area contributed by atoms with Crippen molar-refractivity contribution in [2.24, 2.45) is 7.05 Å². The number of hydrogen-bond donors (Lipinski definition) is 1. The summed E-state index contributed by atoms with van der Waals surface area (Å²) in [6, 6.07) is 4.90. The second kappa shape index (κ2) is 4.91. The van der Waals surface area contributed by atoms with Crippen molar-refractivity contribution in [2.75, 3.05) is 0 Å². The van der Waals surface area contributed by atoms with E-state index in [0.29, 0.717) is 22.9 Å². The molecule has 0 spiro atoms. The van der Waals surface area contributed by atoms with E-state index in [1.54, 1.807) is 12.4 Å². The molecule has 3 aromatic rings. The van der Waals surface area contributed by atoms with Crippen LogP contribution in [-0.2, 0) is 13.5 Å². The van der Waals surface area contributed by atoms with Crippen molar-refractivity contribution in [2.45, 2.75) is 19.8 Å². The van der Waals surface area contributed by atoms with E-state index < -0.39 is 0 Å². The zero-order valence-electron chi connectivity index (χ0n) is 13.0. The SMILES string of the molecule is Cc1[nH]cnc1/C=C1\CCc2c(c3cccc(F)c3n2C)C1=O. The van der Waals surface area contributed by atoms with E-state index in [4.69, 9.17) is 0 Å². The lowest BCUT2D eigenvalue weighted by Crippen LogP contribution is -2.15. The Hall–Kier alpha value is -2.69. The summed E-state index contributed by atoms with van der Waals surface area (Å²) in [6.07, 6.45) is 4.83. The Morgan fingerprint density at radius 2 is 2.17 bits per heavy atom. The van der Waals surface area contributed by atoms with Crippen molar-refractivity contribution >= 4 is 22.8 Å². The van der Waals surface area contributed by atoms with E-state index in [9.17, 15) is 9.18 Å². The molecule has 0 atom stereocenters. The maximum Gasteiger partial charge on any atom is 0.191 e. The predicted molar refractivity (Wildman–Crippen MR) is 86.8 cm³/mol. The van der Waals surface area contributed by atoms with Crippen LogP contribution in [0, 0.1) is 12.7 Å². The molecule has 0 saturated carbocycles. The van der Waals surface area contributed by atoms with Crippen LogP contribution in [0.1, 0.15) is 33.9 Å². The summed E-state index contributed by atoms with van der Waals surface area (Å²) in [6.45, 7) is 1.92. The zero-order chi connectivity index (χ0) is 16.1.